The minimum Gasteiger partial charge on any atom is -0.396 e. The number of aliphatic hydroxyl groups is 3. The van der Waals surface area contributed by atoms with Gasteiger partial charge in [0.05, 0.1) is 5.60 Å². The molecule has 0 amide bonds. The molecule has 3 N–H and O–H groups in total. The number of aliphatic hydroxyl groups excluding tert-OH is 2. The fourth-order valence-corrected chi connectivity index (χ4v) is 2.56. The Morgan fingerprint density at radius 1 is 1.23 bits per heavy atom. The molecule has 0 radical (unpaired) electrons. The summed E-state index contributed by atoms with van der Waals surface area (Å²) >= 11 is 0. The lowest BCUT2D eigenvalue weighted by atomic mass is 9.61. The predicted molar refractivity (Wildman–Crippen MR) is 50.2 cm³/mol. The van der Waals surface area contributed by atoms with Crippen molar-refractivity contribution in [1.29, 1.82) is 0 Å². The van der Waals surface area contributed by atoms with E-state index < -0.39 is 5.60 Å². The van der Waals surface area contributed by atoms with Crippen molar-refractivity contribution in [2.24, 2.45) is 11.3 Å². The monoisotopic (exact) mass is 188 g/mol. The molecule has 0 heterocycles. The maximum Gasteiger partial charge on any atom is 0.0675 e. The third-order valence-electron chi connectivity index (χ3n) is 3.57. The van der Waals surface area contributed by atoms with Gasteiger partial charge in [-0.15, -0.1) is 0 Å². The highest BCUT2D eigenvalue weighted by Gasteiger charge is 2.47. The highest BCUT2D eigenvalue weighted by Crippen LogP contribution is 2.45. The van der Waals surface area contributed by atoms with Crippen LogP contribution < -0.4 is 0 Å². The van der Waals surface area contributed by atoms with Crippen molar-refractivity contribution in [2.75, 3.05) is 13.2 Å². The van der Waals surface area contributed by atoms with Gasteiger partial charge in [0, 0.05) is 19.1 Å². The normalized spacial score (nSPS) is 46.4. The van der Waals surface area contributed by atoms with Crippen molar-refractivity contribution < 1.29 is 15.3 Å². The number of rotatable bonds is 2. The molecule has 13 heavy (non-hydrogen) atoms. The zero-order chi connectivity index (χ0) is 10.1. The minimum absolute atomic E-state index is 0.0361. The molecule has 0 spiro atoms. The second-order valence-electron chi connectivity index (χ2n) is 4.76. The summed E-state index contributed by atoms with van der Waals surface area (Å²) in [4.78, 5) is 0. The van der Waals surface area contributed by atoms with E-state index in [4.69, 9.17) is 0 Å². The largest absolute Gasteiger partial charge is 0.396 e. The molecule has 0 aromatic carbocycles. The lowest BCUT2D eigenvalue weighted by Crippen LogP contribution is -2.51. The van der Waals surface area contributed by atoms with Crippen LogP contribution in [0.2, 0.25) is 0 Å². The van der Waals surface area contributed by atoms with E-state index in [0.717, 1.165) is 12.8 Å². The molecule has 3 atom stereocenters. The standard InChI is InChI=1S/C10H20O3/c1-9(7-12)4-3-5-10(2,13)8(9)6-11/h8,11-13H,3-7H2,1-2H3. The van der Waals surface area contributed by atoms with E-state index in [2.05, 4.69) is 0 Å². The van der Waals surface area contributed by atoms with Gasteiger partial charge in [0.25, 0.3) is 0 Å². The van der Waals surface area contributed by atoms with Gasteiger partial charge in [0.15, 0.2) is 0 Å². The Hall–Kier alpha value is -0.120. The van der Waals surface area contributed by atoms with Crippen LogP contribution in [0.15, 0.2) is 0 Å². The van der Waals surface area contributed by atoms with E-state index in [0.29, 0.717) is 6.42 Å². The van der Waals surface area contributed by atoms with Crippen molar-refractivity contribution in [3.63, 3.8) is 0 Å². The number of hydrogen-bond donors (Lipinski definition) is 3. The van der Waals surface area contributed by atoms with E-state index in [-0.39, 0.29) is 24.5 Å². The molecule has 1 aliphatic rings. The zero-order valence-electron chi connectivity index (χ0n) is 8.45. The molecular weight excluding hydrogens is 168 g/mol. The summed E-state index contributed by atoms with van der Waals surface area (Å²) in [5, 5.41) is 28.5. The molecule has 0 aromatic heterocycles. The molecule has 3 heteroatoms. The average molecular weight is 188 g/mol. The van der Waals surface area contributed by atoms with Crippen LogP contribution >= 0.6 is 0 Å². The van der Waals surface area contributed by atoms with Crippen LogP contribution in [-0.2, 0) is 0 Å². The van der Waals surface area contributed by atoms with Crippen molar-refractivity contribution in [1.82, 2.24) is 0 Å². The summed E-state index contributed by atoms with van der Waals surface area (Å²) in [5.41, 5.74) is -1.15. The second kappa shape index (κ2) is 3.56. The Balaban J connectivity index is 2.86. The summed E-state index contributed by atoms with van der Waals surface area (Å²) in [6.45, 7) is 3.67. The van der Waals surface area contributed by atoms with Crippen molar-refractivity contribution in [3.05, 3.63) is 0 Å². The molecule has 3 unspecified atom stereocenters. The molecule has 1 aliphatic carbocycles. The summed E-state index contributed by atoms with van der Waals surface area (Å²) in [7, 11) is 0. The van der Waals surface area contributed by atoms with E-state index in [9.17, 15) is 15.3 Å². The van der Waals surface area contributed by atoms with Gasteiger partial charge < -0.3 is 15.3 Å². The van der Waals surface area contributed by atoms with Gasteiger partial charge in [0.2, 0.25) is 0 Å². The van der Waals surface area contributed by atoms with Gasteiger partial charge in [-0.1, -0.05) is 6.92 Å². The maximum atomic E-state index is 10.0. The average Bonchev–Trinajstić information content (AvgIpc) is 2.03. The van der Waals surface area contributed by atoms with Gasteiger partial charge in [-0.2, -0.15) is 0 Å². The lowest BCUT2D eigenvalue weighted by Gasteiger charge is -2.48. The SMILES string of the molecule is CC1(O)CCCC(C)(CO)C1CO. The minimum atomic E-state index is -0.829. The van der Waals surface area contributed by atoms with Crippen LogP contribution in [0.25, 0.3) is 0 Å². The fraction of sp³-hybridized carbons (Fsp3) is 1.00. The van der Waals surface area contributed by atoms with Crippen LogP contribution in [0.4, 0.5) is 0 Å². The van der Waals surface area contributed by atoms with Gasteiger partial charge >= 0.3 is 0 Å². The van der Waals surface area contributed by atoms with Crippen LogP contribution in [-0.4, -0.2) is 34.1 Å². The molecule has 0 saturated heterocycles. The van der Waals surface area contributed by atoms with Crippen molar-refractivity contribution in [2.45, 2.75) is 38.7 Å². The zero-order valence-corrected chi connectivity index (χ0v) is 8.45. The smallest absolute Gasteiger partial charge is 0.0675 e. The lowest BCUT2D eigenvalue weighted by molar-refractivity contribution is -0.128. The van der Waals surface area contributed by atoms with Crippen LogP contribution in [0, 0.1) is 11.3 Å². The first kappa shape index (κ1) is 11.0. The highest BCUT2D eigenvalue weighted by atomic mass is 16.3. The Morgan fingerprint density at radius 2 is 1.85 bits per heavy atom. The topological polar surface area (TPSA) is 60.7 Å². The summed E-state index contributed by atoms with van der Waals surface area (Å²) in [6.07, 6.45) is 2.51. The summed E-state index contributed by atoms with van der Waals surface area (Å²) in [6, 6.07) is 0. The predicted octanol–water partition coefficient (Wildman–Crippen LogP) is 0.528. The third kappa shape index (κ3) is 1.87. The van der Waals surface area contributed by atoms with Gasteiger partial charge in [0.1, 0.15) is 0 Å². The molecule has 3 nitrogen and oxygen atoms in total. The third-order valence-corrected chi connectivity index (χ3v) is 3.57. The molecular formula is C10H20O3. The first-order chi connectivity index (χ1) is 5.96. The van der Waals surface area contributed by atoms with Gasteiger partial charge in [-0.25, -0.2) is 0 Å². The first-order valence-electron chi connectivity index (χ1n) is 4.90. The molecule has 1 fully saturated rings. The van der Waals surface area contributed by atoms with E-state index in [1.165, 1.54) is 0 Å². The summed E-state index contributed by atoms with van der Waals surface area (Å²) in [5.74, 6) is -0.209. The van der Waals surface area contributed by atoms with Crippen molar-refractivity contribution in [3.8, 4) is 0 Å². The summed E-state index contributed by atoms with van der Waals surface area (Å²) < 4.78 is 0. The van der Waals surface area contributed by atoms with E-state index in [1.54, 1.807) is 6.92 Å². The number of hydrogen-bond acceptors (Lipinski definition) is 3. The van der Waals surface area contributed by atoms with E-state index in [1.807, 2.05) is 6.92 Å². The van der Waals surface area contributed by atoms with Crippen LogP contribution in [0.3, 0.4) is 0 Å². The molecule has 0 aliphatic heterocycles. The molecule has 1 saturated carbocycles. The van der Waals surface area contributed by atoms with Crippen LogP contribution in [0.5, 0.6) is 0 Å². The Morgan fingerprint density at radius 3 is 2.23 bits per heavy atom. The molecule has 0 bridgehead atoms. The Kier molecular flexibility index (Phi) is 3.00. The molecule has 78 valence electrons. The molecule has 1 rings (SSSR count). The second-order valence-corrected chi connectivity index (χ2v) is 4.76. The molecule has 0 aromatic rings. The quantitative estimate of drug-likeness (QED) is 0.592. The van der Waals surface area contributed by atoms with Gasteiger partial charge in [-0.3, -0.25) is 0 Å². The Bertz CT molecular complexity index is 179. The first-order valence-corrected chi connectivity index (χ1v) is 4.90. The Labute approximate surface area is 79.4 Å². The maximum absolute atomic E-state index is 10.0. The van der Waals surface area contributed by atoms with Crippen LogP contribution in [0.1, 0.15) is 33.1 Å². The van der Waals surface area contributed by atoms with Gasteiger partial charge in [-0.05, 0) is 31.6 Å². The van der Waals surface area contributed by atoms with Crippen molar-refractivity contribution >= 4 is 0 Å². The van der Waals surface area contributed by atoms with E-state index >= 15 is 0 Å². The highest BCUT2D eigenvalue weighted by molar-refractivity contribution is 4.97. The fourth-order valence-electron chi connectivity index (χ4n) is 2.56.